The number of unbranched alkanes of at least 4 members (excludes halogenated alkanes) is 1. The van der Waals surface area contributed by atoms with Crippen LogP contribution < -0.4 is 16.0 Å². The Morgan fingerprint density at radius 3 is 2.71 bits per heavy atom. The highest BCUT2D eigenvalue weighted by Gasteiger charge is 2.19. The molecular weight excluding hydrogens is 400 g/mol. The van der Waals surface area contributed by atoms with Crippen molar-refractivity contribution in [2.45, 2.75) is 52.0 Å². The molecule has 1 aromatic carbocycles. The van der Waals surface area contributed by atoms with Gasteiger partial charge in [0.05, 0.1) is 0 Å². The summed E-state index contributed by atoms with van der Waals surface area (Å²) in [7, 11) is 0. The number of halogens is 3. The molecule has 3 rings (SSSR count). The lowest BCUT2D eigenvalue weighted by atomic mass is 10.1. The molecule has 0 bridgehead atoms. The van der Waals surface area contributed by atoms with E-state index < -0.39 is 0 Å². The molecule has 1 aliphatic heterocycles. The van der Waals surface area contributed by atoms with E-state index in [1.54, 1.807) is 13.0 Å². The van der Waals surface area contributed by atoms with Gasteiger partial charge in [-0.25, -0.2) is 9.37 Å². The fourth-order valence-corrected chi connectivity index (χ4v) is 3.20. The zero-order chi connectivity index (χ0) is 18.5. The summed E-state index contributed by atoms with van der Waals surface area (Å²) >= 11 is 0. The van der Waals surface area contributed by atoms with E-state index in [0.717, 1.165) is 56.7 Å². The van der Waals surface area contributed by atoms with Gasteiger partial charge in [0.15, 0.2) is 0 Å². The molecule has 28 heavy (non-hydrogen) atoms. The second-order valence-electron chi connectivity index (χ2n) is 7.08. The lowest BCUT2D eigenvalue weighted by molar-refractivity contribution is 0.503. The summed E-state index contributed by atoms with van der Waals surface area (Å²) in [5.74, 6) is 1.17. The van der Waals surface area contributed by atoms with Crippen molar-refractivity contribution in [3.8, 4) is 0 Å². The van der Waals surface area contributed by atoms with Crippen molar-refractivity contribution in [2.75, 3.05) is 23.3 Å². The van der Waals surface area contributed by atoms with Crippen molar-refractivity contribution >= 4 is 42.3 Å². The highest BCUT2D eigenvalue weighted by Crippen LogP contribution is 2.23. The summed E-state index contributed by atoms with van der Waals surface area (Å²) < 4.78 is 13.8. The molecule has 0 saturated carbocycles. The third-order valence-corrected chi connectivity index (χ3v) is 4.76. The van der Waals surface area contributed by atoms with Gasteiger partial charge in [0.1, 0.15) is 11.6 Å². The first-order valence-electron chi connectivity index (χ1n) is 9.47. The van der Waals surface area contributed by atoms with Crippen molar-refractivity contribution < 1.29 is 4.39 Å². The van der Waals surface area contributed by atoms with Crippen LogP contribution in [-0.4, -0.2) is 29.1 Å². The first-order chi connectivity index (χ1) is 12.5. The third-order valence-electron chi connectivity index (χ3n) is 4.76. The summed E-state index contributed by atoms with van der Waals surface area (Å²) in [4.78, 5) is 11.5. The van der Waals surface area contributed by atoms with Crippen LogP contribution in [0.1, 0.15) is 43.9 Å². The number of nitrogens with zero attached hydrogens (tertiary/aromatic N) is 3. The van der Waals surface area contributed by atoms with Crippen molar-refractivity contribution in [1.29, 1.82) is 0 Å². The van der Waals surface area contributed by atoms with E-state index in [-0.39, 0.29) is 36.7 Å². The van der Waals surface area contributed by atoms with E-state index in [1.807, 2.05) is 6.07 Å². The molecular formula is C20H30Cl2FN5. The summed E-state index contributed by atoms with van der Waals surface area (Å²) in [6.07, 6.45) is 5.22. The van der Waals surface area contributed by atoms with Crippen molar-refractivity contribution in [1.82, 2.24) is 9.97 Å². The Balaban J connectivity index is 0.00000196. The maximum atomic E-state index is 13.8. The zero-order valence-electron chi connectivity index (χ0n) is 16.4. The zero-order valence-corrected chi connectivity index (χ0v) is 18.1. The molecule has 2 heterocycles. The molecule has 0 amide bonds. The number of rotatable bonds is 6. The Hall–Kier alpha value is -1.63. The molecule has 2 aromatic rings. The molecule has 1 fully saturated rings. The number of nitrogens with two attached hydrogens (primary N) is 1. The van der Waals surface area contributed by atoms with E-state index in [1.165, 1.54) is 6.07 Å². The largest absolute Gasteiger partial charge is 0.355 e. The highest BCUT2D eigenvalue weighted by atomic mass is 35.5. The SMILES string of the molecule is CCCCc1cc(N2CCC[C@@H](N)C2)nc(Nc2ccc(C)c(F)c2)n1.Cl.Cl. The van der Waals surface area contributed by atoms with Crippen LogP contribution in [0.5, 0.6) is 0 Å². The summed E-state index contributed by atoms with van der Waals surface area (Å²) in [6.45, 7) is 5.68. The molecule has 1 aromatic heterocycles. The van der Waals surface area contributed by atoms with Gasteiger partial charge in [0.25, 0.3) is 0 Å². The molecule has 0 aliphatic carbocycles. The van der Waals surface area contributed by atoms with E-state index in [4.69, 9.17) is 5.73 Å². The van der Waals surface area contributed by atoms with Crippen LogP contribution in [0.4, 0.5) is 21.8 Å². The average Bonchev–Trinajstić information content (AvgIpc) is 2.63. The second kappa shape index (κ2) is 11.4. The fraction of sp³-hybridized carbons (Fsp3) is 0.500. The van der Waals surface area contributed by atoms with Crippen LogP contribution in [0.2, 0.25) is 0 Å². The molecule has 1 saturated heterocycles. The Morgan fingerprint density at radius 1 is 1.25 bits per heavy atom. The maximum absolute atomic E-state index is 13.8. The van der Waals surface area contributed by atoms with Crippen LogP contribution in [0.3, 0.4) is 0 Å². The van der Waals surface area contributed by atoms with E-state index in [2.05, 4.69) is 33.2 Å². The van der Waals surface area contributed by atoms with Gasteiger partial charge in [-0.1, -0.05) is 19.4 Å². The first-order valence-corrected chi connectivity index (χ1v) is 9.47. The quantitative estimate of drug-likeness (QED) is 0.691. The van der Waals surface area contributed by atoms with Gasteiger partial charge in [-0.3, -0.25) is 0 Å². The predicted molar refractivity (Wildman–Crippen MR) is 119 cm³/mol. The molecule has 0 radical (unpaired) electrons. The van der Waals surface area contributed by atoms with Gasteiger partial charge < -0.3 is 16.0 Å². The number of hydrogen-bond acceptors (Lipinski definition) is 5. The summed E-state index contributed by atoms with van der Waals surface area (Å²) in [5.41, 5.74) is 8.41. The molecule has 0 unspecified atom stereocenters. The van der Waals surface area contributed by atoms with Gasteiger partial charge in [-0.2, -0.15) is 4.98 Å². The molecule has 1 aliphatic rings. The molecule has 3 N–H and O–H groups in total. The Kier molecular flexibility index (Phi) is 9.93. The summed E-state index contributed by atoms with van der Waals surface area (Å²) in [5, 5.41) is 3.16. The Morgan fingerprint density at radius 2 is 2.04 bits per heavy atom. The van der Waals surface area contributed by atoms with Crippen LogP contribution in [0.15, 0.2) is 24.3 Å². The molecule has 1 atom stereocenters. The predicted octanol–water partition coefficient (Wildman–Crippen LogP) is 4.78. The van der Waals surface area contributed by atoms with Crippen molar-refractivity contribution in [3.05, 3.63) is 41.3 Å². The lowest BCUT2D eigenvalue weighted by Gasteiger charge is -2.32. The number of piperidine rings is 1. The minimum atomic E-state index is -0.237. The lowest BCUT2D eigenvalue weighted by Crippen LogP contribution is -2.43. The van der Waals surface area contributed by atoms with E-state index in [0.29, 0.717) is 17.2 Å². The monoisotopic (exact) mass is 429 g/mol. The standard InChI is InChI=1S/C20H28FN5.2ClH/c1-3-4-7-16-12-19(26-10-5-6-15(22)13-26)25-20(23-16)24-17-9-8-14(2)18(21)11-17;;/h8-9,11-12,15H,3-7,10,13,22H2,1-2H3,(H,23,24,25);2*1H/t15-;;/m1../s1. The van der Waals surface area contributed by atoms with Crippen LogP contribution >= 0.6 is 24.8 Å². The molecule has 0 spiro atoms. The van der Waals surface area contributed by atoms with Gasteiger partial charge in [-0.15, -0.1) is 24.8 Å². The number of nitrogens with one attached hydrogen (secondary N) is 1. The topological polar surface area (TPSA) is 67.1 Å². The number of benzene rings is 1. The minimum Gasteiger partial charge on any atom is -0.355 e. The minimum absolute atomic E-state index is 0. The van der Waals surface area contributed by atoms with Gasteiger partial charge in [0, 0.05) is 36.6 Å². The van der Waals surface area contributed by atoms with Crippen LogP contribution in [0, 0.1) is 12.7 Å². The van der Waals surface area contributed by atoms with Crippen molar-refractivity contribution in [2.24, 2.45) is 5.73 Å². The number of aromatic nitrogens is 2. The normalized spacial score (nSPS) is 16.1. The maximum Gasteiger partial charge on any atom is 0.229 e. The first kappa shape index (κ1) is 24.4. The smallest absolute Gasteiger partial charge is 0.229 e. The molecule has 8 heteroatoms. The van der Waals surface area contributed by atoms with Gasteiger partial charge in [-0.05, 0) is 50.3 Å². The van der Waals surface area contributed by atoms with Gasteiger partial charge >= 0.3 is 0 Å². The molecule has 156 valence electrons. The van der Waals surface area contributed by atoms with E-state index in [9.17, 15) is 4.39 Å². The van der Waals surface area contributed by atoms with E-state index >= 15 is 0 Å². The summed E-state index contributed by atoms with van der Waals surface area (Å²) in [6, 6.07) is 7.32. The van der Waals surface area contributed by atoms with Crippen molar-refractivity contribution in [3.63, 3.8) is 0 Å². The Labute approximate surface area is 179 Å². The fourth-order valence-electron chi connectivity index (χ4n) is 3.20. The van der Waals surface area contributed by atoms with Crippen LogP contribution in [0.25, 0.3) is 0 Å². The number of anilines is 3. The molecule has 5 nitrogen and oxygen atoms in total. The van der Waals surface area contributed by atoms with Crippen LogP contribution in [-0.2, 0) is 6.42 Å². The number of hydrogen-bond donors (Lipinski definition) is 2. The second-order valence-corrected chi connectivity index (χ2v) is 7.08. The number of aryl methyl sites for hydroxylation is 2. The Bertz CT molecular complexity index is 759. The van der Waals surface area contributed by atoms with Gasteiger partial charge in [0.2, 0.25) is 5.95 Å². The highest BCUT2D eigenvalue weighted by molar-refractivity contribution is 5.85. The third kappa shape index (κ3) is 6.47. The average molecular weight is 430 g/mol.